The Balaban J connectivity index is 1.29. The quantitative estimate of drug-likeness (QED) is 0.211. The van der Waals surface area contributed by atoms with E-state index < -0.39 is 0 Å². The van der Waals surface area contributed by atoms with E-state index in [-0.39, 0.29) is 18.1 Å². The molecule has 1 saturated carbocycles. The van der Waals surface area contributed by atoms with Gasteiger partial charge in [-0.25, -0.2) is 9.78 Å². The van der Waals surface area contributed by atoms with Crippen LogP contribution in [0.4, 0.5) is 4.79 Å². The highest BCUT2D eigenvalue weighted by molar-refractivity contribution is 5.93. The maximum absolute atomic E-state index is 11.7. The summed E-state index contributed by atoms with van der Waals surface area (Å²) >= 11 is 0. The van der Waals surface area contributed by atoms with Crippen molar-refractivity contribution in [2.24, 2.45) is 0 Å². The van der Waals surface area contributed by atoms with Crippen molar-refractivity contribution in [3.05, 3.63) is 89.2 Å². The van der Waals surface area contributed by atoms with Crippen molar-refractivity contribution >= 4 is 17.1 Å². The number of methoxy groups -OCH3 is 2. The Morgan fingerprint density at radius 1 is 1.00 bits per heavy atom. The summed E-state index contributed by atoms with van der Waals surface area (Å²) in [5, 5.41) is 7.66. The lowest BCUT2D eigenvalue weighted by atomic mass is 9.99. The summed E-state index contributed by atoms with van der Waals surface area (Å²) in [6.07, 6.45) is 7.24. The van der Waals surface area contributed by atoms with Gasteiger partial charge >= 0.3 is 6.09 Å². The third-order valence-corrected chi connectivity index (χ3v) is 9.14. The lowest BCUT2D eigenvalue weighted by Gasteiger charge is -2.13. The van der Waals surface area contributed by atoms with Crippen molar-refractivity contribution in [1.29, 1.82) is 0 Å². The highest BCUT2D eigenvalue weighted by atomic mass is 16.6. The minimum atomic E-state index is -0.384. The van der Waals surface area contributed by atoms with Crippen LogP contribution in [0, 0.1) is 0 Å². The molecule has 7 rings (SSSR count). The van der Waals surface area contributed by atoms with Gasteiger partial charge in [-0.3, -0.25) is 9.67 Å². The van der Waals surface area contributed by atoms with Gasteiger partial charge in [0, 0.05) is 42.0 Å². The molecule has 9 heteroatoms. The lowest BCUT2D eigenvalue weighted by Crippen LogP contribution is -2.24. The number of amides is 1. The Hall–Kier alpha value is -4.92. The number of carbonyl (C=O) groups excluding carboxylic acids is 1. The van der Waals surface area contributed by atoms with Gasteiger partial charge in [0.25, 0.3) is 0 Å². The number of hydrogen-bond donors (Lipinski definition) is 1. The fourth-order valence-corrected chi connectivity index (χ4v) is 6.80. The fraction of sp³-hybridized carbons (Fsp3) is 0.333. The zero-order valence-corrected chi connectivity index (χ0v) is 25.9. The first-order valence-electron chi connectivity index (χ1n) is 15.6. The van der Waals surface area contributed by atoms with Gasteiger partial charge in [0.05, 0.1) is 26.3 Å². The first-order chi connectivity index (χ1) is 22.0. The third-order valence-electron chi connectivity index (χ3n) is 9.14. The lowest BCUT2D eigenvalue weighted by molar-refractivity contribution is 0.102. The van der Waals surface area contributed by atoms with Crippen LogP contribution in [0.5, 0.6) is 11.5 Å². The molecule has 2 aliphatic carbocycles. The molecule has 5 aromatic rings. The fourth-order valence-electron chi connectivity index (χ4n) is 6.80. The van der Waals surface area contributed by atoms with Crippen molar-refractivity contribution in [2.75, 3.05) is 21.3 Å². The van der Waals surface area contributed by atoms with Crippen LogP contribution in [-0.4, -0.2) is 53.2 Å². The number of ether oxygens (including phenoxy) is 3. The number of pyridine rings is 2. The molecule has 0 radical (unpaired) electrons. The maximum Gasteiger partial charge on any atom is 0.407 e. The second-order valence-corrected chi connectivity index (χ2v) is 11.8. The monoisotopic (exact) mass is 603 g/mol. The van der Waals surface area contributed by atoms with Crippen LogP contribution in [0.1, 0.15) is 54.0 Å². The van der Waals surface area contributed by atoms with E-state index in [9.17, 15) is 4.79 Å². The van der Waals surface area contributed by atoms with Gasteiger partial charge in [-0.05, 0) is 79.5 Å². The smallest absolute Gasteiger partial charge is 0.407 e. The second-order valence-electron chi connectivity index (χ2n) is 11.8. The van der Waals surface area contributed by atoms with E-state index in [1.807, 2.05) is 23.0 Å². The summed E-state index contributed by atoms with van der Waals surface area (Å²) < 4.78 is 18.8. The van der Waals surface area contributed by atoms with Crippen molar-refractivity contribution in [1.82, 2.24) is 25.1 Å². The number of aryl methyl sites for hydroxylation is 1. The van der Waals surface area contributed by atoms with Crippen LogP contribution in [0.2, 0.25) is 0 Å². The van der Waals surface area contributed by atoms with E-state index in [1.165, 1.54) is 11.1 Å². The van der Waals surface area contributed by atoms with Gasteiger partial charge in [-0.2, -0.15) is 5.10 Å². The Bertz CT molecular complexity index is 1850. The number of aromatic nitrogens is 4. The van der Waals surface area contributed by atoms with E-state index >= 15 is 0 Å². The first kappa shape index (κ1) is 28.8. The van der Waals surface area contributed by atoms with E-state index in [0.717, 1.165) is 94.8 Å². The Kier molecular flexibility index (Phi) is 7.83. The summed E-state index contributed by atoms with van der Waals surface area (Å²) in [4.78, 5) is 21.9. The molecule has 2 unspecified atom stereocenters. The summed E-state index contributed by atoms with van der Waals surface area (Å²) in [6, 6.07) is 20.8. The van der Waals surface area contributed by atoms with Crippen LogP contribution >= 0.6 is 0 Å². The van der Waals surface area contributed by atoms with Gasteiger partial charge in [-0.1, -0.05) is 30.3 Å². The molecule has 0 spiro atoms. The minimum absolute atomic E-state index is 0.0916. The molecule has 0 aliphatic heterocycles. The number of alkyl carbamates (subject to hydrolysis) is 1. The Morgan fingerprint density at radius 2 is 1.87 bits per heavy atom. The Morgan fingerprint density at radius 3 is 2.62 bits per heavy atom. The molecular formula is C36H37N5O4. The molecule has 3 aromatic heterocycles. The number of benzene rings is 2. The number of fused-ring (bicyclic) bond motifs is 2. The standard InChI is InChI=1S/C36H37N5O4/c1-37-36(42)45-27-16-12-24(18-27)30-17-13-25(20-38-30)33-35-31(41(40-33)21-22-10-14-26(43-2)15-11-22)19-32(44-3)34(39-35)29-9-5-7-23-6-4-8-28(23)29/h5,7,9-11,13-15,17,19-20,24,27H,4,6,8,12,16,18,21H2,1-3H3,(H,37,42). The van der Waals surface area contributed by atoms with Crippen LogP contribution in [-0.2, 0) is 24.1 Å². The molecule has 9 nitrogen and oxygen atoms in total. The van der Waals surface area contributed by atoms with E-state index in [4.69, 9.17) is 29.3 Å². The van der Waals surface area contributed by atoms with Gasteiger partial charge in [0.15, 0.2) is 0 Å². The minimum Gasteiger partial charge on any atom is -0.497 e. The van der Waals surface area contributed by atoms with Gasteiger partial charge in [0.1, 0.15) is 34.5 Å². The molecule has 1 amide bonds. The predicted octanol–water partition coefficient (Wildman–Crippen LogP) is 6.71. The number of nitrogens with zero attached hydrogens (tertiary/aromatic N) is 4. The summed E-state index contributed by atoms with van der Waals surface area (Å²) in [5.41, 5.74) is 10.2. The average Bonchev–Trinajstić information content (AvgIpc) is 3.84. The summed E-state index contributed by atoms with van der Waals surface area (Å²) in [5.74, 6) is 1.79. The molecule has 2 atom stereocenters. The summed E-state index contributed by atoms with van der Waals surface area (Å²) in [7, 11) is 4.96. The number of nitrogens with one attached hydrogen (secondary N) is 1. The molecule has 1 N–H and O–H groups in total. The van der Waals surface area contributed by atoms with Crippen LogP contribution in [0.15, 0.2) is 66.9 Å². The van der Waals surface area contributed by atoms with Crippen LogP contribution in [0.25, 0.3) is 33.5 Å². The Labute approximate surface area is 262 Å². The zero-order valence-electron chi connectivity index (χ0n) is 25.9. The van der Waals surface area contributed by atoms with E-state index in [1.54, 1.807) is 21.3 Å². The van der Waals surface area contributed by atoms with Gasteiger partial charge in [0.2, 0.25) is 0 Å². The van der Waals surface area contributed by atoms with Crippen molar-refractivity contribution < 1.29 is 19.0 Å². The number of rotatable bonds is 8. The maximum atomic E-state index is 11.7. The topological polar surface area (TPSA) is 100 Å². The largest absolute Gasteiger partial charge is 0.497 e. The molecular weight excluding hydrogens is 566 g/mol. The summed E-state index contributed by atoms with van der Waals surface area (Å²) in [6.45, 7) is 0.561. The van der Waals surface area contributed by atoms with Crippen molar-refractivity contribution in [3.8, 4) is 34.0 Å². The molecule has 3 heterocycles. The van der Waals surface area contributed by atoms with Crippen molar-refractivity contribution in [3.63, 3.8) is 0 Å². The molecule has 2 aliphatic rings. The highest BCUT2D eigenvalue weighted by Gasteiger charge is 2.30. The molecule has 0 saturated heterocycles. The second kappa shape index (κ2) is 12.2. The normalized spacial score (nSPS) is 17.3. The number of hydrogen-bond acceptors (Lipinski definition) is 7. The van der Waals surface area contributed by atoms with Crippen LogP contribution < -0.4 is 14.8 Å². The average molecular weight is 604 g/mol. The first-order valence-corrected chi connectivity index (χ1v) is 15.6. The predicted molar refractivity (Wildman–Crippen MR) is 173 cm³/mol. The third kappa shape index (κ3) is 5.59. The highest BCUT2D eigenvalue weighted by Crippen LogP contribution is 2.40. The van der Waals surface area contributed by atoms with Gasteiger partial charge < -0.3 is 19.5 Å². The van der Waals surface area contributed by atoms with Gasteiger partial charge in [-0.15, -0.1) is 0 Å². The van der Waals surface area contributed by atoms with E-state index in [2.05, 4.69) is 53.8 Å². The molecule has 1 fully saturated rings. The molecule has 45 heavy (non-hydrogen) atoms. The van der Waals surface area contributed by atoms with Crippen LogP contribution in [0.3, 0.4) is 0 Å². The molecule has 230 valence electrons. The SMILES string of the molecule is CNC(=O)OC1CCC(c2ccc(-c3nn(Cc4ccc(OC)cc4)c4cc(OC)c(-c5cccc6c5CCC6)nc34)cn2)C1. The zero-order chi connectivity index (χ0) is 30.9. The van der Waals surface area contributed by atoms with E-state index in [0.29, 0.717) is 6.54 Å². The molecule has 2 aromatic carbocycles. The van der Waals surface area contributed by atoms with Crippen molar-refractivity contribution in [2.45, 2.75) is 57.1 Å². The molecule has 0 bridgehead atoms. The number of carbonyl (C=O) groups is 1.